The molecule has 0 atom stereocenters. The van der Waals surface area contributed by atoms with Gasteiger partial charge in [0.1, 0.15) is 5.82 Å². The second kappa shape index (κ2) is 5.30. The molecule has 1 aromatic carbocycles. The monoisotopic (exact) mass is 222 g/mol. The van der Waals surface area contributed by atoms with Gasteiger partial charge in [-0.15, -0.1) is 0 Å². The predicted molar refractivity (Wildman–Crippen MR) is 65.0 cm³/mol. The highest BCUT2D eigenvalue weighted by Gasteiger charge is 2.18. The van der Waals surface area contributed by atoms with E-state index >= 15 is 0 Å². The number of piperidine rings is 1. The van der Waals surface area contributed by atoms with Gasteiger partial charge in [-0.05, 0) is 56.0 Å². The van der Waals surface area contributed by atoms with Gasteiger partial charge in [0.05, 0.1) is 0 Å². The molecule has 2 rings (SSSR count). The molecular weight excluding hydrogens is 203 g/mol. The molecule has 1 aromatic rings. The maximum absolute atomic E-state index is 12.8. The van der Waals surface area contributed by atoms with Gasteiger partial charge in [0.2, 0.25) is 0 Å². The Morgan fingerprint density at radius 3 is 2.38 bits per heavy atom. The summed E-state index contributed by atoms with van der Waals surface area (Å²) in [7, 11) is 0. The topological polar surface area (TPSA) is 29.3 Å². The SMILES string of the molecule is NCCC1CCN(c2ccc(F)cc2)CC1. The Morgan fingerprint density at radius 2 is 1.81 bits per heavy atom. The normalized spacial score (nSPS) is 17.8. The van der Waals surface area contributed by atoms with Gasteiger partial charge in [-0.25, -0.2) is 4.39 Å². The van der Waals surface area contributed by atoms with E-state index in [1.54, 1.807) is 0 Å². The lowest BCUT2D eigenvalue weighted by molar-refractivity contribution is 0.386. The largest absolute Gasteiger partial charge is 0.372 e. The van der Waals surface area contributed by atoms with Crippen LogP contribution in [-0.4, -0.2) is 19.6 Å². The van der Waals surface area contributed by atoms with E-state index in [0.717, 1.165) is 37.7 Å². The molecule has 0 saturated carbocycles. The lowest BCUT2D eigenvalue weighted by Gasteiger charge is -2.33. The van der Waals surface area contributed by atoms with Crippen LogP contribution in [0.4, 0.5) is 10.1 Å². The summed E-state index contributed by atoms with van der Waals surface area (Å²) in [4.78, 5) is 2.33. The van der Waals surface area contributed by atoms with Crippen molar-refractivity contribution in [2.24, 2.45) is 11.7 Å². The Bertz CT molecular complexity index is 315. The molecule has 16 heavy (non-hydrogen) atoms. The lowest BCUT2D eigenvalue weighted by Crippen LogP contribution is -2.34. The summed E-state index contributed by atoms with van der Waals surface area (Å²) in [5.41, 5.74) is 6.70. The summed E-state index contributed by atoms with van der Waals surface area (Å²) in [6.45, 7) is 2.92. The standard InChI is InChI=1S/C13H19FN2/c14-12-1-3-13(4-2-12)16-9-6-11(5-8-15)7-10-16/h1-4,11H,5-10,15H2. The molecule has 0 unspecified atom stereocenters. The van der Waals surface area contributed by atoms with E-state index in [9.17, 15) is 4.39 Å². The molecule has 1 aliphatic heterocycles. The van der Waals surface area contributed by atoms with Crippen molar-refractivity contribution in [3.8, 4) is 0 Å². The van der Waals surface area contributed by atoms with E-state index in [4.69, 9.17) is 5.73 Å². The Kier molecular flexibility index (Phi) is 3.78. The summed E-state index contributed by atoms with van der Waals surface area (Å²) in [6, 6.07) is 6.78. The van der Waals surface area contributed by atoms with Crippen molar-refractivity contribution in [3.05, 3.63) is 30.1 Å². The lowest BCUT2D eigenvalue weighted by atomic mass is 9.93. The van der Waals surface area contributed by atoms with Gasteiger partial charge in [0, 0.05) is 18.8 Å². The molecular formula is C13H19FN2. The molecule has 0 spiro atoms. The summed E-state index contributed by atoms with van der Waals surface area (Å²) < 4.78 is 12.8. The second-order valence-corrected chi connectivity index (χ2v) is 4.48. The fraction of sp³-hybridized carbons (Fsp3) is 0.538. The minimum atomic E-state index is -0.165. The third-order valence-electron chi connectivity index (χ3n) is 3.38. The quantitative estimate of drug-likeness (QED) is 0.851. The van der Waals surface area contributed by atoms with E-state index < -0.39 is 0 Å². The number of anilines is 1. The minimum Gasteiger partial charge on any atom is -0.372 e. The highest BCUT2D eigenvalue weighted by Crippen LogP contribution is 2.24. The number of rotatable bonds is 3. The van der Waals surface area contributed by atoms with Crippen molar-refractivity contribution in [1.82, 2.24) is 0 Å². The van der Waals surface area contributed by atoms with E-state index in [0.29, 0.717) is 0 Å². The average Bonchev–Trinajstić information content (AvgIpc) is 2.32. The molecule has 1 saturated heterocycles. The zero-order chi connectivity index (χ0) is 11.4. The number of hydrogen-bond donors (Lipinski definition) is 1. The van der Waals surface area contributed by atoms with Crippen LogP contribution in [0.1, 0.15) is 19.3 Å². The Hall–Kier alpha value is -1.09. The third kappa shape index (κ3) is 2.73. The van der Waals surface area contributed by atoms with Crippen molar-refractivity contribution < 1.29 is 4.39 Å². The number of benzene rings is 1. The molecule has 0 amide bonds. The number of nitrogens with zero attached hydrogens (tertiary/aromatic N) is 1. The molecule has 2 N–H and O–H groups in total. The van der Waals surface area contributed by atoms with E-state index in [2.05, 4.69) is 4.90 Å². The smallest absolute Gasteiger partial charge is 0.123 e. The minimum absolute atomic E-state index is 0.165. The summed E-state index contributed by atoms with van der Waals surface area (Å²) in [6.07, 6.45) is 3.54. The summed E-state index contributed by atoms with van der Waals surface area (Å²) in [5, 5.41) is 0. The van der Waals surface area contributed by atoms with Gasteiger partial charge >= 0.3 is 0 Å². The van der Waals surface area contributed by atoms with Crippen LogP contribution in [0.5, 0.6) is 0 Å². The van der Waals surface area contributed by atoms with Gasteiger partial charge in [-0.3, -0.25) is 0 Å². The van der Waals surface area contributed by atoms with Crippen LogP contribution in [0.2, 0.25) is 0 Å². The fourth-order valence-corrected chi connectivity index (χ4v) is 2.37. The van der Waals surface area contributed by atoms with Gasteiger partial charge < -0.3 is 10.6 Å². The van der Waals surface area contributed by atoms with Crippen LogP contribution >= 0.6 is 0 Å². The summed E-state index contributed by atoms with van der Waals surface area (Å²) >= 11 is 0. The van der Waals surface area contributed by atoms with Crippen molar-refractivity contribution in [2.45, 2.75) is 19.3 Å². The molecule has 0 bridgehead atoms. The molecule has 1 heterocycles. The van der Waals surface area contributed by atoms with Gasteiger partial charge in [0.15, 0.2) is 0 Å². The first-order valence-corrected chi connectivity index (χ1v) is 6.00. The molecule has 1 fully saturated rings. The van der Waals surface area contributed by atoms with Gasteiger partial charge in [0.25, 0.3) is 0 Å². The zero-order valence-corrected chi connectivity index (χ0v) is 9.53. The van der Waals surface area contributed by atoms with Crippen molar-refractivity contribution >= 4 is 5.69 Å². The summed E-state index contributed by atoms with van der Waals surface area (Å²) in [5.74, 6) is 0.614. The molecule has 0 radical (unpaired) electrons. The van der Waals surface area contributed by atoms with Crippen LogP contribution in [-0.2, 0) is 0 Å². The van der Waals surface area contributed by atoms with Gasteiger partial charge in [-0.1, -0.05) is 0 Å². The van der Waals surface area contributed by atoms with Crippen LogP contribution in [0.15, 0.2) is 24.3 Å². The second-order valence-electron chi connectivity index (χ2n) is 4.48. The molecule has 88 valence electrons. The highest BCUT2D eigenvalue weighted by atomic mass is 19.1. The van der Waals surface area contributed by atoms with Gasteiger partial charge in [-0.2, -0.15) is 0 Å². The fourth-order valence-electron chi connectivity index (χ4n) is 2.37. The van der Waals surface area contributed by atoms with Crippen molar-refractivity contribution in [1.29, 1.82) is 0 Å². The molecule has 3 heteroatoms. The first-order valence-electron chi connectivity index (χ1n) is 6.00. The number of halogens is 1. The van der Waals surface area contributed by atoms with Crippen molar-refractivity contribution in [3.63, 3.8) is 0 Å². The molecule has 1 aliphatic rings. The van der Waals surface area contributed by atoms with Crippen molar-refractivity contribution in [2.75, 3.05) is 24.5 Å². The third-order valence-corrected chi connectivity index (χ3v) is 3.38. The average molecular weight is 222 g/mol. The molecule has 2 nitrogen and oxygen atoms in total. The van der Waals surface area contributed by atoms with E-state index in [-0.39, 0.29) is 5.82 Å². The van der Waals surface area contributed by atoms with E-state index in [1.165, 1.54) is 25.0 Å². The molecule has 0 aliphatic carbocycles. The predicted octanol–water partition coefficient (Wildman–Crippen LogP) is 2.39. The maximum Gasteiger partial charge on any atom is 0.123 e. The number of hydrogen-bond acceptors (Lipinski definition) is 2. The van der Waals surface area contributed by atoms with E-state index in [1.807, 2.05) is 12.1 Å². The highest BCUT2D eigenvalue weighted by molar-refractivity contribution is 5.46. The Morgan fingerprint density at radius 1 is 1.19 bits per heavy atom. The first kappa shape index (κ1) is 11.4. The number of nitrogens with two attached hydrogens (primary N) is 1. The Balaban J connectivity index is 1.91. The zero-order valence-electron chi connectivity index (χ0n) is 9.53. The van der Waals surface area contributed by atoms with Crippen LogP contribution in [0.25, 0.3) is 0 Å². The van der Waals surface area contributed by atoms with Crippen LogP contribution in [0, 0.1) is 11.7 Å². The van der Waals surface area contributed by atoms with Crippen LogP contribution in [0.3, 0.4) is 0 Å². The Labute approximate surface area is 96.2 Å². The van der Waals surface area contributed by atoms with Crippen LogP contribution < -0.4 is 10.6 Å². The maximum atomic E-state index is 12.8. The first-order chi connectivity index (χ1) is 7.79. The molecule has 0 aromatic heterocycles.